The minimum absolute atomic E-state index is 0.349. The van der Waals surface area contributed by atoms with E-state index in [-0.39, 0.29) is 0 Å². The first kappa shape index (κ1) is 18.8. The molecule has 6 aromatic rings. The highest BCUT2D eigenvalue weighted by Crippen LogP contribution is 2.36. The van der Waals surface area contributed by atoms with Crippen LogP contribution in [0.3, 0.4) is 0 Å². The number of hydrogen-bond acceptors (Lipinski definition) is 3. The lowest BCUT2D eigenvalue weighted by Crippen LogP contribution is -2.02. The Morgan fingerprint density at radius 2 is 1.59 bits per heavy atom. The molecule has 156 valence electrons. The molecule has 0 aliphatic rings. The maximum absolute atomic E-state index is 6.37. The number of nitrogens with zero attached hydrogens (tertiary/aromatic N) is 3. The van der Waals surface area contributed by atoms with Crippen LogP contribution in [0.5, 0.6) is 0 Å². The summed E-state index contributed by atoms with van der Waals surface area (Å²) < 4.78 is 8.64. The second-order valence-corrected chi connectivity index (χ2v) is 8.52. The third kappa shape index (κ3) is 2.99. The van der Waals surface area contributed by atoms with E-state index in [0.717, 1.165) is 51.0 Å². The Morgan fingerprint density at radius 3 is 2.44 bits per heavy atom. The zero-order valence-electron chi connectivity index (χ0n) is 18.1. The Morgan fingerprint density at radius 1 is 0.781 bits per heavy atom. The van der Waals surface area contributed by atoms with Crippen LogP contribution in [0.4, 0.5) is 0 Å². The molecular weight excluding hydrogens is 394 g/mol. The van der Waals surface area contributed by atoms with Gasteiger partial charge < -0.3 is 8.98 Å². The molecule has 0 spiro atoms. The molecule has 0 fully saturated rings. The van der Waals surface area contributed by atoms with Crippen molar-refractivity contribution in [1.82, 2.24) is 14.5 Å². The predicted octanol–water partition coefficient (Wildman–Crippen LogP) is 7.17. The van der Waals surface area contributed by atoms with Crippen LogP contribution in [-0.2, 0) is 6.54 Å². The van der Waals surface area contributed by atoms with Crippen LogP contribution in [0.25, 0.3) is 44.5 Å². The number of rotatable bonds is 4. The molecule has 0 amide bonds. The van der Waals surface area contributed by atoms with Gasteiger partial charge in [0.05, 0.1) is 16.6 Å². The van der Waals surface area contributed by atoms with E-state index in [1.54, 1.807) is 0 Å². The fourth-order valence-electron chi connectivity index (χ4n) is 4.40. The van der Waals surface area contributed by atoms with E-state index in [1.807, 2.05) is 12.1 Å². The SMILES string of the molecule is CC(C)c1ccc2c(n1)oc1c(-c3nc4ccccc4n3Cc3ccccc3)cccc12. The second kappa shape index (κ2) is 7.34. The number of aromatic nitrogens is 3. The van der Waals surface area contributed by atoms with Crippen molar-refractivity contribution >= 4 is 33.1 Å². The highest BCUT2D eigenvalue weighted by atomic mass is 16.3. The van der Waals surface area contributed by atoms with Gasteiger partial charge in [-0.05, 0) is 41.8 Å². The van der Waals surface area contributed by atoms with E-state index in [9.17, 15) is 0 Å². The lowest BCUT2D eigenvalue weighted by Gasteiger charge is -2.10. The molecule has 3 aromatic heterocycles. The average molecular weight is 418 g/mol. The van der Waals surface area contributed by atoms with Gasteiger partial charge in [-0.15, -0.1) is 0 Å². The largest absolute Gasteiger partial charge is 0.437 e. The fourth-order valence-corrected chi connectivity index (χ4v) is 4.40. The van der Waals surface area contributed by atoms with Gasteiger partial charge in [-0.3, -0.25) is 0 Å². The number of furan rings is 1. The van der Waals surface area contributed by atoms with Crippen molar-refractivity contribution in [2.75, 3.05) is 0 Å². The van der Waals surface area contributed by atoms with Crippen molar-refractivity contribution in [2.45, 2.75) is 26.3 Å². The van der Waals surface area contributed by atoms with E-state index < -0.39 is 0 Å². The first-order chi connectivity index (χ1) is 15.7. The molecule has 4 nitrogen and oxygen atoms in total. The average Bonchev–Trinajstić information content (AvgIpc) is 3.37. The number of hydrogen-bond donors (Lipinski definition) is 0. The topological polar surface area (TPSA) is 43.9 Å². The molecule has 6 rings (SSSR count). The van der Waals surface area contributed by atoms with E-state index in [2.05, 4.69) is 91.2 Å². The summed E-state index contributed by atoms with van der Waals surface area (Å²) in [6.45, 7) is 5.03. The number of benzene rings is 3. The van der Waals surface area contributed by atoms with Crippen molar-refractivity contribution in [2.24, 2.45) is 0 Å². The van der Waals surface area contributed by atoms with Crippen molar-refractivity contribution in [1.29, 1.82) is 0 Å². The molecule has 0 radical (unpaired) electrons. The van der Waals surface area contributed by atoms with Gasteiger partial charge >= 0.3 is 0 Å². The zero-order valence-corrected chi connectivity index (χ0v) is 18.1. The molecule has 3 aromatic carbocycles. The minimum atomic E-state index is 0.349. The third-order valence-electron chi connectivity index (χ3n) is 6.06. The summed E-state index contributed by atoms with van der Waals surface area (Å²) in [5, 5.41) is 2.11. The lowest BCUT2D eigenvalue weighted by molar-refractivity contribution is 0.647. The Kier molecular flexibility index (Phi) is 4.32. The molecule has 4 heteroatoms. The van der Waals surface area contributed by atoms with Crippen LogP contribution in [0.15, 0.2) is 89.3 Å². The fraction of sp³-hybridized carbons (Fsp3) is 0.143. The molecule has 0 saturated carbocycles. The number of pyridine rings is 1. The Hall–Kier alpha value is -3.92. The van der Waals surface area contributed by atoms with Crippen LogP contribution in [0.1, 0.15) is 31.0 Å². The van der Waals surface area contributed by atoms with Crippen molar-refractivity contribution in [3.05, 3.63) is 96.2 Å². The lowest BCUT2D eigenvalue weighted by atomic mass is 10.1. The standard InChI is InChI=1S/C28H23N3O/c1-18(2)23-16-15-21-20-11-8-12-22(26(20)32-28(21)30-23)27-29-24-13-6-7-14-25(24)31(27)17-19-9-4-3-5-10-19/h3-16,18H,17H2,1-2H3. The van der Waals surface area contributed by atoms with Gasteiger partial charge in [0.1, 0.15) is 11.4 Å². The third-order valence-corrected chi connectivity index (χ3v) is 6.06. The quantitative estimate of drug-likeness (QED) is 0.305. The summed E-state index contributed by atoms with van der Waals surface area (Å²) in [7, 11) is 0. The minimum Gasteiger partial charge on any atom is -0.437 e. The van der Waals surface area contributed by atoms with Gasteiger partial charge in [0.25, 0.3) is 0 Å². The van der Waals surface area contributed by atoms with Gasteiger partial charge in [0, 0.05) is 23.0 Å². The van der Waals surface area contributed by atoms with Gasteiger partial charge in [-0.2, -0.15) is 0 Å². The number of imidazole rings is 1. The monoisotopic (exact) mass is 417 g/mol. The molecule has 0 bridgehead atoms. The summed E-state index contributed by atoms with van der Waals surface area (Å²) in [6.07, 6.45) is 0. The van der Waals surface area contributed by atoms with Gasteiger partial charge in [-0.1, -0.05) is 68.4 Å². The predicted molar refractivity (Wildman–Crippen MR) is 130 cm³/mol. The van der Waals surface area contributed by atoms with E-state index in [1.165, 1.54) is 5.56 Å². The summed E-state index contributed by atoms with van der Waals surface area (Å²) >= 11 is 0. The number of para-hydroxylation sites is 3. The van der Waals surface area contributed by atoms with Gasteiger partial charge in [0.15, 0.2) is 0 Å². The van der Waals surface area contributed by atoms with Crippen molar-refractivity contribution in [3.8, 4) is 11.4 Å². The number of fused-ring (bicyclic) bond motifs is 4. The summed E-state index contributed by atoms with van der Waals surface area (Å²) in [6, 6.07) is 29.3. The summed E-state index contributed by atoms with van der Waals surface area (Å²) in [4.78, 5) is 9.81. The molecular formula is C28H23N3O. The maximum Gasteiger partial charge on any atom is 0.227 e. The zero-order chi connectivity index (χ0) is 21.7. The normalized spacial score (nSPS) is 11.8. The van der Waals surface area contributed by atoms with Crippen LogP contribution in [0, 0.1) is 0 Å². The van der Waals surface area contributed by atoms with E-state index in [0.29, 0.717) is 11.6 Å². The van der Waals surface area contributed by atoms with Crippen LogP contribution in [-0.4, -0.2) is 14.5 Å². The van der Waals surface area contributed by atoms with Crippen molar-refractivity contribution < 1.29 is 4.42 Å². The maximum atomic E-state index is 6.37. The summed E-state index contributed by atoms with van der Waals surface area (Å²) in [5.74, 6) is 1.26. The van der Waals surface area contributed by atoms with Crippen LogP contribution in [0.2, 0.25) is 0 Å². The molecule has 0 saturated heterocycles. The van der Waals surface area contributed by atoms with Crippen LogP contribution < -0.4 is 0 Å². The second-order valence-electron chi connectivity index (χ2n) is 8.52. The first-order valence-corrected chi connectivity index (χ1v) is 11.0. The highest BCUT2D eigenvalue weighted by molar-refractivity contribution is 6.08. The molecule has 0 unspecified atom stereocenters. The molecule has 0 aliphatic carbocycles. The van der Waals surface area contributed by atoms with Gasteiger partial charge in [0.2, 0.25) is 5.71 Å². The van der Waals surface area contributed by atoms with E-state index in [4.69, 9.17) is 14.4 Å². The van der Waals surface area contributed by atoms with Gasteiger partial charge in [-0.25, -0.2) is 9.97 Å². The smallest absolute Gasteiger partial charge is 0.227 e. The molecule has 0 aliphatic heterocycles. The Labute approximate surface area is 186 Å². The Balaban J connectivity index is 1.61. The van der Waals surface area contributed by atoms with Crippen LogP contribution >= 0.6 is 0 Å². The molecule has 0 atom stereocenters. The first-order valence-electron chi connectivity index (χ1n) is 11.0. The molecule has 32 heavy (non-hydrogen) atoms. The molecule has 0 N–H and O–H groups in total. The summed E-state index contributed by atoms with van der Waals surface area (Å²) in [5.41, 5.74) is 6.86. The Bertz CT molecular complexity index is 1570. The van der Waals surface area contributed by atoms with Crippen molar-refractivity contribution in [3.63, 3.8) is 0 Å². The van der Waals surface area contributed by atoms with E-state index >= 15 is 0 Å². The molecule has 3 heterocycles. The highest BCUT2D eigenvalue weighted by Gasteiger charge is 2.19.